The van der Waals surface area contributed by atoms with E-state index in [1.807, 2.05) is 48.7 Å². The number of aryl methyl sites for hydroxylation is 1. The van der Waals surface area contributed by atoms with Crippen molar-refractivity contribution in [3.63, 3.8) is 0 Å². The van der Waals surface area contributed by atoms with Crippen molar-refractivity contribution in [2.75, 3.05) is 24.8 Å². The summed E-state index contributed by atoms with van der Waals surface area (Å²) in [6, 6.07) is 14.9. The van der Waals surface area contributed by atoms with E-state index in [4.69, 9.17) is 21.1 Å². The molecule has 2 heterocycles. The number of ether oxygens (including phenoxy) is 2. The number of rotatable bonds is 8. The van der Waals surface area contributed by atoms with E-state index >= 15 is 0 Å². The SMILES string of the molecule is CCOC(=O)c1c(-c2ccc(Cl)cc2)csc1NC(=O)CSc1cc(C)c2cccc(OC)c2n1. The molecule has 0 saturated carbocycles. The minimum Gasteiger partial charge on any atom is -0.494 e. The highest BCUT2D eigenvalue weighted by molar-refractivity contribution is 7.99. The lowest BCUT2D eigenvalue weighted by atomic mass is 10.0. The van der Waals surface area contributed by atoms with Gasteiger partial charge < -0.3 is 14.8 Å². The zero-order chi connectivity index (χ0) is 24.9. The standard InChI is InChI=1S/C26H23ClN2O4S2/c1-4-33-26(31)23-19(16-8-10-17(27)11-9-16)13-35-25(23)28-21(30)14-34-22-12-15(2)18-6-5-7-20(32-3)24(18)29-22/h5-13H,4,14H2,1-3H3,(H,28,30). The van der Waals surface area contributed by atoms with Crippen LogP contribution in [0.1, 0.15) is 22.8 Å². The number of thiophene rings is 1. The maximum absolute atomic E-state index is 12.8. The summed E-state index contributed by atoms with van der Waals surface area (Å²) in [6.07, 6.45) is 0. The minimum atomic E-state index is -0.486. The molecule has 0 unspecified atom stereocenters. The lowest BCUT2D eigenvalue weighted by Crippen LogP contribution is -2.16. The fourth-order valence-electron chi connectivity index (χ4n) is 3.60. The van der Waals surface area contributed by atoms with Crippen LogP contribution >= 0.6 is 34.7 Å². The summed E-state index contributed by atoms with van der Waals surface area (Å²) in [5.74, 6) is 0.0823. The summed E-state index contributed by atoms with van der Waals surface area (Å²) in [4.78, 5) is 30.3. The number of nitrogens with zero attached hydrogens (tertiary/aromatic N) is 1. The number of pyridine rings is 1. The van der Waals surface area contributed by atoms with Crippen molar-refractivity contribution in [2.45, 2.75) is 18.9 Å². The van der Waals surface area contributed by atoms with Crippen LogP contribution in [-0.2, 0) is 9.53 Å². The highest BCUT2D eigenvalue weighted by Gasteiger charge is 2.23. The van der Waals surface area contributed by atoms with Crippen molar-refractivity contribution >= 4 is 62.5 Å². The first-order valence-electron chi connectivity index (χ1n) is 10.8. The van der Waals surface area contributed by atoms with Gasteiger partial charge in [0, 0.05) is 21.4 Å². The molecule has 0 atom stereocenters. The third-order valence-corrected chi connectivity index (χ3v) is 7.29. The first-order valence-corrected chi connectivity index (χ1v) is 13.1. The monoisotopic (exact) mass is 526 g/mol. The maximum atomic E-state index is 12.8. The highest BCUT2D eigenvalue weighted by Crippen LogP contribution is 2.37. The van der Waals surface area contributed by atoms with Gasteiger partial charge in [-0.2, -0.15) is 0 Å². The molecule has 0 fully saturated rings. The Labute approximate surface area is 216 Å². The number of halogens is 1. The molecule has 35 heavy (non-hydrogen) atoms. The molecule has 0 aliphatic heterocycles. The number of carbonyl (C=O) groups excluding carboxylic acids is 2. The second-order valence-electron chi connectivity index (χ2n) is 7.55. The number of anilines is 1. The molecule has 4 rings (SSSR count). The van der Waals surface area contributed by atoms with Gasteiger partial charge in [-0.05, 0) is 49.2 Å². The summed E-state index contributed by atoms with van der Waals surface area (Å²) in [5.41, 5.74) is 3.64. The van der Waals surface area contributed by atoms with E-state index in [1.165, 1.54) is 23.1 Å². The predicted octanol–water partition coefficient (Wildman–Crippen LogP) is 6.84. The molecule has 1 N–H and O–H groups in total. The average Bonchev–Trinajstić information content (AvgIpc) is 3.26. The Balaban J connectivity index is 1.54. The number of aromatic nitrogens is 1. The zero-order valence-corrected chi connectivity index (χ0v) is 21.8. The second kappa shape index (κ2) is 11.1. The summed E-state index contributed by atoms with van der Waals surface area (Å²) >= 11 is 8.61. The predicted molar refractivity (Wildman–Crippen MR) is 143 cm³/mol. The van der Waals surface area contributed by atoms with Gasteiger partial charge in [0.15, 0.2) is 0 Å². The molecule has 4 aromatic rings. The number of benzene rings is 2. The van der Waals surface area contributed by atoms with Gasteiger partial charge >= 0.3 is 5.97 Å². The number of carbonyl (C=O) groups is 2. The number of methoxy groups -OCH3 is 1. The van der Waals surface area contributed by atoms with Gasteiger partial charge in [0.1, 0.15) is 21.8 Å². The van der Waals surface area contributed by atoms with Crippen LogP contribution in [0.2, 0.25) is 5.02 Å². The van der Waals surface area contributed by atoms with Gasteiger partial charge in [-0.1, -0.05) is 47.6 Å². The van der Waals surface area contributed by atoms with Crippen LogP contribution in [0.15, 0.2) is 58.9 Å². The molecular formula is C26H23ClN2O4S2. The van der Waals surface area contributed by atoms with Crippen LogP contribution in [0.4, 0.5) is 5.00 Å². The van der Waals surface area contributed by atoms with Crippen molar-refractivity contribution in [3.05, 3.63) is 70.1 Å². The molecule has 0 radical (unpaired) electrons. The average molecular weight is 527 g/mol. The molecule has 0 aliphatic rings. The molecule has 9 heteroatoms. The van der Waals surface area contributed by atoms with E-state index in [0.29, 0.717) is 31.9 Å². The molecule has 0 saturated heterocycles. The van der Waals surface area contributed by atoms with Crippen molar-refractivity contribution < 1.29 is 19.1 Å². The largest absolute Gasteiger partial charge is 0.494 e. The van der Waals surface area contributed by atoms with Crippen LogP contribution in [0.25, 0.3) is 22.0 Å². The van der Waals surface area contributed by atoms with E-state index in [2.05, 4.69) is 10.3 Å². The first kappa shape index (κ1) is 25.0. The Morgan fingerprint density at radius 1 is 1.17 bits per heavy atom. The molecule has 0 bridgehead atoms. The number of nitrogens with one attached hydrogen (secondary N) is 1. The van der Waals surface area contributed by atoms with Crippen molar-refractivity contribution in [3.8, 4) is 16.9 Å². The molecule has 6 nitrogen and oxygen atoms in total. The molecule has 0 spiro atoms. The molecule has 0 aliphatic carbocycles. The maximum Gasteiger partial charge on any atom is 0.341 e. The Kier molecular flexibility index (Phi) is 7.95. The second-order valence-corrected chi connectivity index (χ2v) is 9.86. The van der Waals surface area contributed by atoms with Gasteiger partial charge in [0.25, 0.3) is 0 Å². The number of para-hydroxylation sites is 1. The van der Waals surface area contributed by atoms with Gasteiger partial charge in [0.05, 0.1) is 24.5 Å². The van der Waals surface area contributed by atoms with E-state index < -0.39 is 5.97 Å². The van der Waals surface area contributed by atoms with Crippen LogP contribution in [-0.4, -0.2) is 36.3 Å². The summed E-state index contributed by atoms with van der Waals surface area (Å²) in [7, 11) is 1.61. The Bertz CT molecular complexity index is 1390. The number of thioether (sulfide) groups is 1. The summed E-state index contributed by atoms with van der Waals surface area (Å²) in [6.45, 7) is 3.98. The fraction of sp³-hybridized carbons (Fsp3) is 0.192. The Hall–Kier alpha value is -3.07. The molecular weight excluding hydrogens is 504 g/mol. The van der Waals surface area contributed by atoms with Crippen molar-refractivity contribution in [2.24, 2.45) is 0 Å². The van der Waals surface area contributed by atoms with Crippen LogP contribution in [0.5, 0.6) is 5.75 Å². The lowest BCUT2D eigenvalue weighted by molar-refractivity contribution is -0.113. The number of amides is 1. The Morgan fingerprint density at radius 3 is 2.66 bits per heavy atom. The number of esters is 1. The third-order valence-electron chi connectivity index (χ3n) is 5.24. The van der Waals surface area contributed by atoms with Gasteiger partial charge in [-0.15, -0.1) is 11.3 Å². The van der Waals surface area contributed by atoms with E-state index in [-0.39, 0.29) is 18.3 Å². The highest BCUT2D eigenvalue weighted by atomic mass is 35.5. The number of fused-ring (bicyclic) bond motifs is 1. The smallest absolute Gasteiger partial charge is 0.341 e. The number of hydrogen-bond acceptors (Lipinski definition) is 7. The van der Waals surface area contributed by atoms with E-state index in [1.54, 1.807) is 26.2 Å². The van der Waals surface area contributed by atoms with Gasteiger partial charge in [-0.25, -0.2) is 9.78 Å². The normalized spacial score (nSPS) is 10.9. The van der Waals surface area contributed by atoms with E-state index in [0.717, 1.165) is 22.0 Å². The van der Waals surface area contributed by atoms with Crippen LogP contribution in [0.3, 0.4) is 0 Å². The lowest BCUT2D eigenvalue weighted by Gasteiger charge is -2.10. The first-order chi connectivity index (χ1) is 16.9. The van der Waals surface area contributed by atoms with E-state index in [9.17, 15) is 9.59 Å². The molecule has 2 aromatic heterocycles. The quantitative estimate of drug-likeness (QED) is 0.200. The fourth-order valence-corrected chi connectivity index (χ4v) is 5.47. The Morgan fingerprint density at radius 2 is 1.94 bits per heavy atom. The number of hydrogen-bond donors (Lipinski definition) is 1. The van der Waals surface area contributed by atoms with Crippen LogP contribution in [0, 0.1) is 6.92 Å². The van der Waals surface area contributed by atoms with Gasteiger partial charge in [0.2, 0.25) is 5.91 Å². The molecule has 2 aromatic carbocycles. The van der Waals surface area contributed by atoms with Crippen molar-refractivity contribution in [1.29, 1.82) is 0 Å². The summed E-state index contributed by atoms with van der Waals surface area (Å²) in [5, 5.41) is 7.48. The third kappa shape index (κ3) is 5.61. The van der Waals surface area contributed by atoms with Crippen molar-refractivity contribution in [1.82, 2.24) is 4.98 Å². The zero-order valence-electron chi connectivity index (χ0n) is 19.4. The minimum absolute atomic E-state index is 0.129. The molecule has 180 valence electrons. The molecule has 1 amide bonds. The topological polar surface area (TPSA) is 77.5 Å². The van der Waals surface area contributed by atoms with Crippen LogP contribution < -0.4 is 10.1 Å². The van der Waals surface area contributed by atoms with Gasteiger partial charge in [-0.3, -0.25) is 4.79 Å². The summed E-state index contributed by atoms with van der Waals surface area (Å²) < 4.78 is 10.7.